The fourth-order valence-electron chi connectivity index (χ4n) is 12.5. The number of aromatic nitrogens is 5. The standard InChI is InChI=1S/C76H56N6O.Pt/c1-47-35-72(78-45-65(47)51-29-31-52(32-30-51)75(2,3)4)81-69-41-55(33-34-60(69)61-42-62-64-37-48(44-77)36-63-59-23-14-15-26-66(59)82(74(63)64)71(62)43-70(61)81)83-56-39-53(76(5,6)7)38-54(40-56)79-46-80(68-28-17-16-27-67(68)79)73-57(49-19-10-8-11-20-49)24-18-25-58(73)50-21-12-9-13-22-50;/h8-39,42-43,45H,1-7H3;/q-2;/i1D3;. The van der Waals surface area contributed by atoms with E-state index in [2.05, 4.69) is 250 Å². The normalized spacial score (nSPS) is 13.0. The molecule has 15 aromatic rings. The maximum atomic E-state index is 10.4. The summed E-state index contributed by atoms with van der Waals surface area (Å²) in [7, 11) is 0. The molecule has 0 unspecified atom stereocenters. The second-order valence-corrected chi connectivity index (χ2v) is 24.9. The van der Waals surface area contributed by atoms with Gasteiger partial charge in [0.1, 0.15) is 0 Å². The number of hydrogen-bond donors (Lipinski definition) is 0. The van der Waals surface area contributed by atoms with Gasteiger partial charge in [-0.15, -0.1) is 0 Å². The van der Waals surface area contributed by atoms with Crippen molar-refractivity contribution in [3.63, 3.8) is 0 Å². The zero-order chi connectivity index (χ0) is 59.8. The summed E-state index contributed by atoms with van der Waals surface area (Å²) >= 11 is 2.48. The van der Waals surface area contributed by atoms with Gasteiger partial charge in [0.05, 0.1) is 28.2 Å². The van der Waals surface area contributed by atoms with Crippen LogP contribution in [0.5, 0.6) is 11.5 Å². The van der Waals surface area contributed by atoms with Crippen LogP contribution in [-0.2, 0) is 30.2 Å². The smallest absolute Gasteiger partial charge is 0.0579 e. The predicted octanol–water partition coefficient (Wildman–Crippen LogP) is 19.3. The van der Waals surface area contributed by atoms with Gasteiger partial charge in [0.25, 0.3) is 0 Å². The van der Waals surface area contributed by atoms with Crippen molar-refractivity contribution in [2.45, 2.75) is 59.2 Å². The Hall–Kier alpha value is -9.60. The molecule has 0 bridgehead atoms. The first-order valence-electron chi connectivity index (χ1n) is 29.7. The van der Waals surface area contributed by atoms with Gasteiger partial charge in [0, 0.05) is 37.4 Å². The molecule has 408 valence electrons. The van der Waals surface area contributed by atoms with Crippen LogP contribution in [-0.4, -0.2) is 23.1 Å². The minimum atomic E-state index is -2.49. The molecule has 0 spiro atoms. The molecule has 5 aromatic heterocycles. The van der Waals surface area contributed by atoms with Gasteiger partial charge >= 0.3 is 320 Å². The number of aryl methyl sites for hydroxylation is 1. The molecule has 0 saturated carbocycles. The van der Waals surface area contributed by atoms with Crippen molar-refractivity contribution in [2.75, 3.05) is 0 Å². The van der Waals surface area contributed by atoms with Gasteiger partial charge < -0.3 is 4.40 Å². The molecule has 0 aliphatic rings. The van der Waals surface area contributed by atoms with E-state index in [-0.39, 0.29) is 16.4 Å². The number of para-hydroxylation sites is 4. The first kappa shape index (κ1) is 48.0. The molecule has 0 N–H and O–H groups in total. The van der Waals surface area contributed by atoms with Crippen molar-refractivity contribution in [2.24, 2.45) is 0 Å². The fraction of sp³-hybridized carbons (Fsp3) is 0.118. The quantitative estimate of drug-likeness (QED) is 0.142. The van der Waals surface area contributed by atoms with E-state index < -0.39 is 6.85 Å². The minimum Gasteiger partial charge on any atom is -0.0579 e. The Kier molecular flexibility index (Phi) is 11.0. The SMILES string of the molecule is [2H]C([2H])([2H])c1cc(-n2c3[c-]c(Oc4[c-]c(-n5[c](=[Pt])n(-c6c(-c7ccccc7)cccc6-c6ccccc6)c6ccccc65)cc(C(C)(C)C)c4)ccc3c3cc4c5cc(C#N)cc6c7ccccc7n(c4cc32)c65)ncc1-c1ccc(C(C)(C)C)cc1. The Balaban J connectivity index is 0.942. The number of rotatable bonds is 8. The number of ether oxygens (including phenoxy) is 1. The average molecular weight is 1270 g/mol. The molecule has 0 radical (unpaired) electrons. The molecular formula is C76H56N6OPt-2. The molecule has 8 heteroatoms. The molecule has 0 atom stereocenters. The van der Waals surface area contributed by atoms with Gasteiger partial charge in [-0.2, -0.15) is 5.26 Å². The van der Waals surface area contributed by atoms with Crippen LogP contribution in [0, 0.1) is 34.1 Å². The number of fused-ring (bicyclic) bond motifs is 10. The summed E-state index contributed by atoms with van der Waals surface area (Å²) in [4.78, 5) is 5.17. The molecule has 10 aromatic carbocycles. The Bertz CT molecular complexity index is 5340. The number of nitriles is 1. The van der Waals surface area contributed by atoms with Gasteiger partial charge in [0.2, 0.25) is 0 Å². The second kappa shape index (κ2) is 19.2. The van der Waals surface area contributed by atoms with Crippen molar-refractivity contribution >= 4 is 70.9 Å². The molecule has 5 heterocycles. The number of pyridine rings is 1. The molecule has 0 aliphatic carbocycles. The summed E-state index contributed by atoms with van der Waals surface area (Å²) in [5.41, 5.74) is 16.7. The van der Waals surface area contributed by atoms with Crippen LogP contribution < -0.4 is 4.74 Å². The molecule has 0 fully saturated rings. The number of nitrogens with zero attached hydrogens (tertiary/aromatic N) is 6. The fourth-order valence-corrected chi connectivity index (χ4v) is 13.6. The summed E-state index contributed by atoms with van der Waals surface area (Å²) in [6, 6.07) is 80.9. The van der Waals surface area contributed by atoms with Crippen LogP contribution in [0.25, 0.3) is 122 Å². The number of imidazole rings is 1. The summed E-state index contributed by atoms with van der Waals surface area (Å²) in [5, 5.41) is 16.2. The number of benzene rings is 10. The first-order valence-corrected chi connectivity index (χ1v) is 29.4. The molecule has 0 amide bonds. The van der Waals surface area contributed by atoms with E-state index in [4.69, 9.17) is 13.8 Å². The van der Waals surface area contributed by atoms with Gasteiger partial charge in [-0.3, -0.25) is 0 Å². The van der Waals surface area contributed by atoms with E-state index in [0.717, 1.165) is 120 Å². The Morgan fingerprint density at radius 3 is 1.79 bits per heavy atom. The van der Waals surface area contributed by atoms with Crippen LogP contribution in [0.1, 0.15) is 67.9 Å². The van der Waals surface area contributed by atoms with Crippen molar-refractivity contribution in [3.8, 4) is 68.1 Å². The van der Waals surface area contributed by atoms with E-state index >= 15 is 0 Å². The van der Waals surface area contributed by atoms with Crippen LogP contribution in [0.3, 0.4) is 0 Å². The monoisotopic (exact) mass is 1270 g/mol. The third kappa shape index (κ3) is 8.18. The van der Waals surface area contributed by atoms with Gasteiger partial charge in [-0.1, -0.05) is 63.2 Å². The summed E-state index contributed by atoms with van der Waals surface area (Å²) in [6.45, 7) is 10.6. The Morgan fingerprint density at radius 1 is 0.500 bits per heavy atom. The van der Waals surface area contributed by atoms with Crippen molar-refractivity contribution < 1.29 is 28.2 Å². The van der Waals surface area contributed by atoms with Crippen LogP contribution >= 0.6 is 0 Å². The number of hydrogen-bond acceptors (Lipinski definition) is 3. The topological polar surface area (TPSA) is 65.1 Å². The maximum absolute atomic E-state index is 10.4. The van der Waals surface area contributed by atoms with Crippen LogP contribution in [0.4, 0.5) is 0 Å². The van der Waals surface area contributed by atoms with Crippen LogP contribution in [0.15, 0.2) is 212 Å². The van der Waals surface area contributed by atoms with Gasteiger partial charge in [0.15, 0.2) is 0 Å². The summed E-state index contributed by atoms with van der Waals surface area (Å²) < 4.78 is 44.0. The molecule has 0 saturated heterocycles. The molecule has 7 nitrogen and oxygen atoms in total. The third-order valence-corrected chi connectivity index (χ3v) is 17.7. The zero-order valence-electron chi connectivity index (χ0n) is 50.1. The van der Waals surface area contributed by atoms with E-state index in [1.54, 1.807) is 12.3 Å². The minimum absolute atomic E-state index is 0.0828. The van der Waals surface area contributed by atoms with E-state index in [0.29, 0.717) is 34.0 Å². The molecule has 84 heavy (non-hydrogen) atoms. The van der Waals surface area contributed by atoms with Crippen molar-refractivity contribution in [1.82, 2.24) is 23.1 Å². The average Bonchev–Trinajstić information content (AvgIpc) is 1.68. The summed E-state index contributed by atoms with van der Waals surface area (Å²) in [6.07, 6.45) is 1.70. The first-order chi connectivity index (χ1) is 41.9. The second-order valence-electron chi connectivity index (χ2n) is 23.9. The van der Waals surface area contributed by atoms with E-state index in [1.165, 1.54) is 0 Å². The molecule has 0 aliphatic heterocycles. The van der Waals surface area contributed by atoms with Crippen LogP contribution in [0.2, 0.25) is 0 Å². The summed E-state index contributed by atoms with van der Waals surface area (Å²) in [5.74, 6) is 1.36. The third-order valence-electron chi connectivity index (χ3n) is 16.7. The van der Waals surface area contributed by atoms with Crippen molar-refractivity contribution in [3.05, 3.63) is 251 Å². The predicted molar refractivity (Wildman–Crippen MR) is 340 cm³/mol. The van der Waals surface area contributed by atoms with E-state index in [9.17, 15) is 5.26 Å². The van der Waals surface area contributed by atoms with E-state index in [1.807, 2.05) is 47.0 Å². The van der Waals surface area contributed by atoms with Gasteiger partial charge in [-0.25, -0.2) is 0 Å². The zero-order valence-corrected chi connectivity index (χ0v) is 49.4. The van der Waals surface area contributed by atoms with Crippen molar-refractivity contribution in [1.29, 1.82) is 5.26 Å². The Labute approximate surface area is 502 Å². The molecule has 15 rings (SSSR count). The molecular weight excluding hydrogens is 1210 g/mol. The Morgan fingerprint density at radius 2 is 1.12 bits per heavy atom. The van der Waals surface area contributed by atoms with Gasteiger partial charge in [-0.05, 0) is 47.2 Å².